The van der Waals surface area contributed by atoms with Crippen LogP contribution >= 0.6 is 11.3 Å². The minimum Gasteiger partial charge on any atom is -0.381 e. The predicted octanol–water partition coefficient (Wildman–Crippen LogP) is 4.47. The molecule has 5 rings (SSSR count). The summed E-state index contributed by atoms with van der Waals surface area (Å²) in [5.41, 5.74) is 1.17. The van der Waals surface area contributed by atoms with Crippen molar-refractivity contribution in [3.05, 3.63) is 22.7 Å². The lowest BCUT2D eigenvalue weighted by molar-refractivity contribution is 0.0983. The van der Waals surface area contributed by atoms with E-state index in [1.807, 2.05) is 0 Å². The van der Waals surface area contributed by atoms with E-state index in [0.717, 1.165) is 30.8 Å². The zero-order valence-electron chi connectivity index (χ0n) is 17.7. The van der Waals surface area contributed by atoms with Crippen molar-refractivity contribution in [3.63, 3.8) is 0 Å². The van der Waals surface area contributed by atoms with Crippen molar-refractivity contribution in [3.8, 4) is 0 Å². The molecule has 0 aromatic carbocycles. The number of nitrogens with one attached hydrogen (secondary N) is 2. The van der Waals surface area contributed by atoms with E-state index in [9.17, 15) is 8.42 Å². The maximum atomic E-state index is 13.4. The summed E-state index contributed by atoms with van der Waals surface area (Å²) in [5.74, 6) is 1.17. The molecule has 2 aromatic heterocycles. The molecule has 0 bridgehead atoms. The predicted molar refractivity (Wildman–Crippen MR) is 123 cm³/mol. The Hall–Kier alpha value is -1.71. The van der Waals surface area contributed by atoms with Gasteiger partial charge in [-0.3, -0.25) is 0 Å². The molecule has 2 fully saturated rings. The van der Waals surface area contributed by atoms with Crippen LogP contribution in [-0.2, 0) is 27.4 Å². The van der Waals surface area contributed by atoms with Crippen molar-refractivity contribution in [2.24, 2.45) is 0 Å². The van der Waals surface area contributed by atoms with Crippen LogP contribution in [0.15, 0.2) is 17.0 Å². The third kappa shape index (κ3) is 4.73. The first-order valence-corrected chi connectivity index (χ1v) is 13.8. The van der Waals surface area contributed by atoms with E-state index in [-0.39, 0.29) is 0 Å². The fourth-order valence-corrected chi connectivity index (χ4v) is 7.60. The lowest BCUT2D eigenvalue weighted by Gasteiger charge is -2.25. The van der Waals surface area contributed by atoms with Gasteiger partial charge in [0.2, 0.25) is 0 Å². The first kappa shape index (κ1) is 21.2. The largest absolute Gasteiger partial charge is 0.381 e. The summed E-state index contributed by atoms with van der Waals surface area (Å²) in [7, 11) is -3.45. The van der Waals surface area contributed by atoms with Crippen molar-refractivity contribution in [1.29, 1.82) is 0 Å². The van der Waals surface area contributed by atoms with Crippen molar-refractivity contribution >= 4 is 37.9 Å². The fourth-order valence-electron chi connectivity index (χ4n) is 4.80. The zero-order valence-corrected chi connectivity index (χ0v) is 19.4. The minimum atomic E-state index is -3.45. The van der Waals surface area contributed by atoms with Crippen LogP contribution in [-0.4, -0.2) is 42.9 Å². The van der Waals surface area contributed by atoms with Crippen LogP contribution in [0.1, 0.15) is 61.9 Å². The van der Waals surface area contributed by atoms with Crippen LogP contribution in [0.4, 0.5) is 16.8 Å². The first-order valence-electron chi connectivity index (χ1n) is 11.4. The lowest BCUT2D eigenvalue weighted by atomic mass is 9.95. The monoisotopic (exact) mass is 462 g/mol. The standard InChI is InChI=1S/C22H30N4O3S2/c27-31(28,16-9-11-29-12-10-16)17-13-20(23-15-5-2-1-3-6-15)25-21(14-17)26-22-24-18-7-4-8-19(18)30-22/h13-16H,1-12H2,(H2,23,24,25,26). The highest BCUT2D eigenvalue weighted by molar-refractivity contribution is 7.92. The van der Waals surface area contributed by atoms with Gasteiger partial charge in [0.05, 0.1) is 15.8 Å². The van der Waals surface area contributed by atoms with E-state index < -0.39 is 15.1 Å². The number of fused-ring (bicyclic) bond motifs is 1. The molecular weight excluding hydrogens is 432 g/mol. The Labute approximate surface area is 187 Å². The average molecular weight is 463 g/mol. The molecule has 3 aliphatic rings. The maximum absolute atomic E-state index is 13.4. The van der Waals surface area contributed by atoms with Gasteiger partial charge >= 0.3 is 0 Å². The molecule has 0 spiro atoms. The Morgan fingerprint density at radius 1 is 0.935 bits per heavy atom. The Kier molecular flexibility index (Phi) is 6.16. The Balaban J connectivity index is 1.45. The highest BCUT2D eigenvalue weighted by atomic mass is 32.2. The van der Waals surface area contributed by atoms with Crippen molar-refractivity contribution in [1.82, 2.24) is 9.97 Å². The minimum absolute atomic E-state index is 0.333. The molecule has 3 heterocycles. The Morgan fingerprint density at radius 2 is 1.71 bits per heavy atom. The van der Waals surface area contributed by atoms with Gasteiger partial charge < -0.3 is 15.4 Å². The molecule has 2 N–H and O–H groups in total. The van der Waals surface area contributed by atoms with Crippen LogP contribution in [0.5, 0.6) is 0 Å². The average Bonchev–Trinajstić information content (AvgIpc) is 3.37. The summed E-state index contributed by atoms with van der Waals surface area (Å²) in [4.78, 5) is 11.1. The number of hydrogen-bond donors (Lipinski definition) is 2. The number of pyridine rings is 1. The number of thiazole rings is 1. The van der Waals surface area contributed by atoms with Crippen LogP contribution in [0, 0.1) is 0 Å². The van der Waals surface area contributed by atoms with Crippen LogP contribution in [0.25, 0.3) is 0 Å². The summed E-state index contributed by atoms with van der Waals surface area (Å²) in [6.07, 6.45) is 10.2. The molecule has 0 unspecified atom stereocenters. The van der Waals surface area contributed by atoms with E-state index >= 15 is 0 Å². The van der Waals surface area contributed by atoms with E-state index in [1.54, 1.807) is 23.5 Å². The van der Waals surface area contributed by atoms with Crippen LogP contribution in [0.2, 0.25) is 0 Å². The third-order valence-electron chi connectivity index (χ3n) is 6.52. The number of ether oxygens (including phenoxy) is 1. The van der Waals surface area contributed by atoms with Crippen molar-refractivity contribution < 1.29 is 13.2 Å². The third-order valence-corrected chi connectivity index (χ3v) is 9.84. The molecule has 31 heavy (non-hydrogen) atoms. The van der Waals surface area contributed by atoms with Crippen molar-refractivity contribution in [2.45, 2.75) is 80.4 Å². The van der Waals surface area contributed by atoms with E-state index in [1.165, 1.54) is 36.3 Å². The van der Waals surface area contributed by atoms with Gasteiger partial charge in [0.1, 0.15) is 11.6 Å². The lowest BCUT2D eigenvalue weighted by Crippen LogP contribution is -2.29. The molecule has 168 valence electrons. The van der Waals surface area contributed by atoms with Crippen LogP contribution in [0.3, 0.4) is 0 Å². The van der Waals surface area contributed by atoms with E-state index in [0.29, 0.717) is 48.6 Å². The van der Waals surface area contributed by atoms with Gasteiger partial charge in [-0.2, -0.15) is 0 Å². The quantitative estimate of drug-likeness (QED) is 0.654. The molecule has 0 amide bonds. The molecular formula is C22H30N4O3S2. The summed E-state index contributed by atoms with van der Waals surface area (Å²) in [6, 6.07) is 3.73. The molecule has 1 aliphatic heterocycles. The second-order valence-corrected chi connectivity index (χ2v) is 12.1. The number of sulfone groups is 1. The Morgan fingerprint density at radius 3 is 2.48 bits per heavy atom. The number of anilines is 3. The molecule has 0 radical (unpaired) electrons. The van der Waals surface area contributed by atoms with Gasteiger partial charge in [-0.05, 0) is 57.1 Å². The molecule has 1 saturated heterocycles. The van der Waals surface area contributed by atoms with E-state index in [2.05, 4.69) is 10.6 Å². The van der Waals surface area contributed by atoms with Gasteiger partial charge in [0.15, 0.2) is 15.0 Å². The topological polar surface area (TPSA) is 93.2 Å². The first-order chi connectivity index (χ1) is 15.1. The maximum Gasteiger partial charge on any atom is 0.188 e. The Bertz CT molecular complexity index is 1000. The molecule has 7 nitrogen and oxygen atoms in total. The second-order valence-electron chi connectivity index (χ2n) is 8.78. The molecule has 0 atom stereocenters. The highest BCUT2D eigenvalue weighted by Gasteiger charge is 2.30. The molecule has 1 saturated carbocycles. The number of aromatic nitrogens is 2. The molecule has 2 aliphatic carbocycles. The summed E-state index contributed by atoms with van der Waals surface area (Å²) in [5, 5.41) is 7.19. The number of aryl methyl sites for hydroxylation is 2. The number of nitrogens with zero attached hydrogens (tertiary/aromatic N) is 2. The van der Waals surface area contributed by atoms with Crippen molar-refractivity contribution in [2.75, 3.05) is 23.8 Å². The van der Waals surface area contributed by atoms with Gasteiger partial charge in [-0.15, -0.1) is 11.3 Å². The van der Waals surface area contributed by atoms with Gasteiger partial charge in [-0.1, -0.05) is 19.3 Å². The van der Waals surface area contributed by atoms with Crippen LogP contribution < -0.4 is 10.6 Å². The molecule has 9 heteroatoms. The SMILES string of the molecule is O=S(=O)(c1cc(Nc2nc3c(s2)CCC3)nc(NC2CCCCC2)c1)C1CCOCC1. The fraction of sp³-hybridized carbons (Fsp3) is 0.636. The van der Waals surface area contributed by atoms with Gasteiger partial charge in [-0.25, -0.2) is 18.4 Å². The van der Waals surface area contributed by atoms with Gasteiger partial charge in [0.25, 0.3) is 0 Å². The zero-order chi connectivity index (χ0) is 21.3. The number of hydrogen-bond acceptors (Lipinski definition) is 8. The summed E-state index contributed by atoms with van der Waals surface area (Å²) in [6.45, 7) is 0.996. The number of rotatable bonds is 6. The molecule has 2 aromatic rings. The summed E-state index contributed by atoms with van der Waals surface area (Å²) >= 11 is 1.65. The smallest absolute Gasteiger partial charge is 0.188 e. The second kappa shape index (κ2) is 9.03. The van der Waals surface area contributed by atoms with E-state index in [4.69, 9.17) is 14.7 Å². The summed E-state index contributed by atoms with van der Waals surface area (Å²) < 4.78 is 32.2. The van der Waals surface area contributed by atoms with Gasteiger partial charge in [0, 0.05) is 24.1 Å². The normalized spacial score (nSPS) is 20.5. The highest BCUT2D eigenvalue weighted by Crippen LogP contribution is 2.34.